The molecule has 1 aromatic rings. The zero-order valence-corrected chi connectivity index (χ0v) is 17.7. The van der Waals surface area contributed by atoms with Crippen molar-refractivity contribution in [3.8, 4) is 5.75 Å². The molecule has 0 radical (unpaired) electrons. The van der Waals surface area contributed by atoms with Crippen molar-refractivity contribution >= 4 is 10.0 Å². The lowest BCUT2D eigenvalue weighted by molar-refractivity contribution is 0.0550. The monoisotopic (exact) mass is 394 g/mol. The van der Waals surface area contributed by atoms with Gasteiger partial charge in [0.1, 0.15) is 5.75 Å². The molecule has 27 heavy (non-hydrogen) atoms. The molecular weight excluding hydrogens is 360 g/mol. The Balaban J connectivity index is 1.81. The zero-order chi connectivity index (χ0) is 19.6. The van der Waals surface area contributed by atoms with E-state index in [9.17, 15) is 13.5 Å². The first kappa shape index (κ1) is 20.6. The molecular formula is C21H34N2O3S. The molecule has 0 spiro atoms. The molecule has 6 heteroatoms. The summed E-state index contributed by atoms with van der Waals surface area (Å²) in [5.74, 6) is 1.22. The van der Waals surface area contributed by atoms with Crippen molar-refractivity contribution in [3.63, 3.8) is 0 Å². The molecule has 2 aliphatic rings. The molecule has 5 nitrogen and oxygen atoms in total. The van der Waals surface area contributed by atoms with Crippen LogP contribution in [0.15, 0.2) is 18.2 Å². The third-order valence-corrected chi connectivity index (χ3v) is 8.54. The number of phenols is 1. The second kappa shape index (κ2) is 8.50. The van der Waals surface area contributed by atoms with Gasteiger partial charge in [-0.1, -0.05) is 32.9 Å². The Morgan fingerprint density at radius 2 is 1.93 bits per heavy atom. The number of aromatic hydroxyl groups is 1. The summed E-state index contributed by atoms with van der Waals surface area (Å²) in [5.41, 5.74) is 2.33. The van der Waals surface area contributed by atoms with E-state index in [2.05, 4.69) is 17.9 Å². The highest BCUT2D eigenvalue weighted by Gasteiger charge is 2.41. The van der Waals surface area contributed by atoms with Gasteiger partial charge in [0.15, 0.2) is 0 Å². The van der Waals surface area contributed by atoms with Crippen molar-refractivity contribution in [2.45, 2.75) is 52.5 Å². The summed E-state index contributed by atoms with van der Waals surface area (Å²) >= 11 is 0. The molecule has 0 bridgehead atoms. The Kier molecular flexibility index (Phi) is 6.49. The van der Waals surface area contributed by atoms with Gasteiger partial charge in [-0.2, -0.15) is 0 Å². The maximum Gasteiger partial charge on any atom is 0.214 e. The van der Waals surface area contributed by atoms with Crippen LogP contribution in [0, 0.1) is 11.8 Å². The number of nitrogens with zero attached hydrogens (tertiary/aromatic N) is 2. The van der Waals surface area contributed by atoms with Gasteiger partial charge in [0.2, 0.25) is 10.0 Å². The fraction of sp³-hybridized carbons (Fsp3) is 0.714. The molecule has 1 saturated heterocycles. The number of piperidine rings is 1. The summed E-state index contributed by atoms with van der Waals surface area (Å²) in [4.78, 5) is 2.52. The average Bonchev–Trinajstić information content (AvgIpc) is 2.62. The Morgan fingerprint density at radius 3 is 2.59 bits per heavy atom. The zero-order valence-electron chi connectivity index (χ0n) is 16.9. The predicted molar refractivity (Wildman–Crippen MR) is 109 cm³/mol. The van der Waals surface area contributed by atoms with Gasteiger partial charge < -0.3 is 5.11 Å². The van der Waals surface area contributed by atoms with Crippen LogP contribution >= 0.6 is 0 Å². The summed E-state index contributed by atoms with van der Waals surface area (Å²) < 4.78 is 27.2. The van der Waals surface area contributed by atoms with Crippen LogP contribution in [-0.2, 0) is 22.9 Å². The Labute approximate surface area is 164 Å². The molecule has 1 N–H and O–H groups in total. The summed E-state index contributed by atoms with van der Waals surface area (Å²) in [6, 6.07) is 6.30. The lowest BCUT2D eigenvalue weighted by Gasteiger charge is -2.47. The normalized spacial score (nSPS) is 26.0. The van der Waals surface area contributed by atoms with Gasteiger partial charge in [-0.05, 0) is 61.3 Å². The van der Waals surface area contributed by atoms with Gasteiger partial charge in [-0.3, -0.25) is 4.90 Å². The third kappa shape index (κ3) is 4.33. The third-order valence-electron chi connectivity index (χ3n) is 6.34. The lowest BCUT2D eigenvalue weighted by atomic mass is 9.72. The molecule has 1 aliphatic carbocycles. The van der Waals surface area contributed by atoms with E-state index >= 15 is 0 Å². The van der Waals surface area contributed by atoms with Crippen LogP contribution in [0.3, 0.4) is 0 Å². The number of fused-ring (bicyclic) bond motifs is 2. The van der Waals surface area contributed by atoms with E-state index in [0.717, 1.165) is 44.3 Å². The molecule has 1 fully saturated rings. The van der Waals surface area contributed by atoms with Crippen molar-refractivity contribution in [1.82, 2.24) is 9.21 Å². The summed E-state index contributed by atoms with van der Waals surface area (Å²) in [5, 5.41) is 10.3. The van der Waals surface area contributed by atoms with Crippen LogP contribution in [0.4, 0.5) is 0 Å². The number of phenolic OH excluding ortho intramolecular Hbond substituents is 1. The highest BCUT2D eigenvalue weighted by atomic mass is 32.2. The number of hydrogen-bond acceptors (Lipinski definition) is 4. The number of likely N-dealkylation sites (tertiary alicyclic amines) is 1. The van der Waals surface area contributed by atoms with Crippen LogP contribution in [-0.4, -0.2) is 60.7 Å². The van der Waals surface area contributed by atoms with Crippen LogP contribution in [0.25, 0.3) is 0 Å². The van der Waals surface area contributed by atoms with Crippen LogP contribution in [0.5, 0.6) is 5.75 Å². The van der Waals surface area contributed by atoms with E-state index < -0.39 is 10.0 Å². The first-order valence-corrected chi connectivity index (χ1v) is 12.0. The average molecular weight is 395 g/mol. The van der Waals surface area contributed by atoms with Gasteiger partial charge >= 0.3 is 0 Å². The van der Waals surface area contributed by atoms with Gasteiger partial charge in [0.05, 0.1) is 5.75 Å². The van der Waals surface area contributed by atoms with E-state index in [-0.39, 0.29) is 11.7 Å². The summed E-state index contributed by atoms with van der Waals surface area (Å²) in [7, 11) is -3.21. The van der Waals surface area contributed by atoms with Crippen molar-refractivity contribution in [2.75, 3.05) is 31.9 Å². The SMILES string of the molecule is CCCN1C[C@@H](CS(=O)(=O)N(CC)CC)C[C@@H]2Cc3c(O)cccc3C[C@H]21. The maximum absolute atomic E-state index is 12.8. The molecule has 0 saturated carbocycles. The molecule has 1 heterocycles. The first-order valence-electron chi connectivity index (χ1n) is 10.4. The number of sulfonamides is 1. The maximum atomic E-state index is 12.8. The molecule has 3 atom stereocenters. The van der Waals surface area contributed by atoms with Crippen molar-refractivity contribution in [2.24, 2.45) is 11.8 Å². The summed E-state index contributed by atoms with van der Waals surface area (Å²) in [6.07, 6.45) is 3.82. The molecule has 1 aliphatic heterocycles. The fourth-order valence-corrected chi connectivity index (χ4v) is 7.00. The molecule has 3 rings (SSSR count). The summed E-state index contributed by atoms with van der Waals surface area (Å²) in [6.45, 7) is 8.95. The minimum atomic E-state index is -3.21. The molecule has 0 aromatic heterocycles. The van der Waals surface area contributed by atoms with Gasteiger partial charge in [0, 0.05) is 25.7 Å². The fourth-order valence-electron chi connectivity index (χ4n) is 5.16. The highest BCUT2D eigenvalue weighted by molar-refractivity contribution is 7.89. The Hall–Kier alpha value is -1.11. The van der Waals surface area contributed by atoms with E-state index in [1.807, 2.05) is 19.9 Å². The Bertz CT molecular complexity index is 746. The lowest BCUT2D eigenvalue weighted by Crippen LogP contribution is -2.53. The van der Waals surface area contributed by atoms with Crippen molar-refractivity contribution in [1.29, 1.82) is 0 Å². The molecule has 152 valence electrons. The highest BCUT2D eigenvalue weighted by Crippen LogP contribution is 2.40. The second-order valence-corrected chi connectivity index (χ2v) is 10.1. The standard InChI is InChI=1S/C21H34N2O3S/c1-4-10-22-14-16(15-27(25,26)23(5-2)6-3)11-18-12-19-17(13-20(18)22)8-7-9-21(19)24/h7-9,16,18,20,24H,4-6,10-15H2,1-3H3/t16-,18+,20+/m0/s1. The Morgan fingerprint density at radius 1 is 1.19 bits per heavy atom. The van der Waals surface area contributed by atoms with E-state index in [4.69, 9.17) is 0 Å². The first-order chi connectivity index (χ1) is 12.9. The van der Waals surface area contributed by atoms with Crippen molar-refractivity contribution in [3.05, 3.63) is 29.3 Å². The second-order valence-electron chi connectivity index (χ2n) is 8.11. The minimum absolute atomic E-state index is 0.163. The quantitative estimate of drug-likeness (QED) is 0.772. The van der Waals surface area contributed by atoms with E-state index in [0.29, 0.717) is 30.8 Å². The molecule has 0 unspecified atom stereocenters. The number of benzene rings is 1. The van der Waals surface area contributed by atoms with Gasteiger partial charge in [-0.15, -0.1) is 0 Å². The predicted octanol–water partition coefficient (Wildman–Crippen LogP) is 2.88. The topological polar surface area (TPSA) is 60.9 Å². The number of rotatable bonds is 7. The smallest absolute Gasteiger partial charge is 0.214 e. The minimum Gasteiger partial charge on any atom is -0.508 e. The van der Waals surface area contributed by atoms with Gasteiger partial charge in [-0.25, -0.2) is 12.7 Å². The largest absolute Gasteiger partial charge is 0.508 e. The number of hydrogen-bond donors (Lipinski definition) is 1. The van der Waals surface area contributed by atoms with Gasteiger partial charge in [0.25, 0.3) is 0 Å². The van der Waals surface area contributed by atoms with Crippen LogP contribution in [0.1, 0.15) is 44.7 Å². The van der Waals surface area contributed by atoms with E-state index in [1.165, 1.54) is 5.56 Å². The molecule has 1 aromatic carbocycles. The molecule has 0 amide bonds. The van der Waals surface area contributed by atoms with E-state index in [1.54, 1.807) is 10.4 Å². The van der Waals surface area contributed by atoms with Crippen molar-refractivity contribution < 1.29 is 13.5 Å². The van der Waals surface area contributed by atoms with Crippen LogP contribution in [0.2, 0.25) is 0 Å². The van der Waals surface area contributed by atoms with Crippen LogP contribution < -0.4 is 0 Å².